The topological polar surface area (TPSA) is 53.2 Å². The van der Waals surface area contributed by atoms with Crippen molar-refractivity contribution in [1.82, 2.24) is 10.9 Å². The van der Waals surface area contributed by atoms with E-state index >= 15 is 0 Å². The summed E-state index contributed by atoms with van der Waals surface area (Å²) in [7, 11) is 0. The van der Waals surface area contributed by atoms with E-state index in [4.69, 9.17) is 23.2 Å². The van der Waals surface area contributed by atoms with Gasteiger partial charge in [-0.15, -0.1) is 0 Å². The third kappa shape index (κ3) is 3.82. The Morgan fingerprint density at radius 3 is 2.57 bits per heavy atom. The number of carbonyl (C=O) groups is 1. The lowest BCUT2D eigenvalue weighted by molar-refractivity contribution is -0.117. The molecule has 4 nitrogen and oxygen atoms in total. The van der Waals surface area contributed by atoms with Crippen molar-refractivity contribution in [2.75, 3.05) is 5.32 Å². The van der Waals surface area contributed by atoms with Gasteiger partial charge < -0.3 is 5.32 Å². The number of hydrogen-bond acceptors (Lipinski definition) is 3. The van der Waals surface area contributed by atoms with Crippen LogP contribution in [0.2, 0.25) is 10.0 Å². The van der Waals surface area contributed by atoms with Gasteiger partial charge in [0.05, 0.1) is 5.02 Å². The van der Waals surface area contributed by atoms with Gasteiger partial charge in [-0.05, 0) is 42.3 Å². The molecule has 0 saturated carbocycles. The Hall–Kier alpha value is -1.66. The van der Waals surface area contributed by atoms with Crippen LogP contribution < -0.4 is 16.2 Å². The zero-order valence-corrected chi connectivity index (χ0v) is 13.5. The number of carbonyl (C=O) groups excluding carboxylic acids is 1. The first-order valence-electron chi connectivity index (χ1n) is 7.05. The summed E-state index contributed by atoms with van der Waals surface area (Å²) in [6.07, 6.45) is 0.586. The Labute approximate surface area is 142 Å². The third-order valence-electron chi connectivity index (χ3n) is 3.68. The monoisotopic (exact) mass is 353 g/mol. The first-order valence-corrected chi connectivity index (χ1v) is 7.81. The predicted molar refractivity (Wildman–Crippen MR) is 88.9 cm³/mol. The molecule has 0 aromatic heterocycles. The van der Waals surface area contributed by atoms with Gasteiger partial charge in [0.2, 0.25) is 5.91 Å². The van der Waals surface area contributed by atoms with E-state index in [2.05, 4.69) is 16.2 Å². The second-order valence-electron chi connectivity index (χ2n) is 5.30. The average molecular weight is 354 g/mol. The first kappa shape index (κ1) is 16.2. The van der Waals surface area contributed by atoms with Crippen molar-refractivity contribution in [3.8, 4) is 0 Å². The quantitative estimate of drug-likeness (QED) is 0.788. The van der Waals surface area contributed by atoms with E-state index in [1.165, 1.54) is 18.2 Å². The number of amides is 1. The maximum absolute atomic E-state index is 13.1. The van der Waals surface area contributed by atoms with E-state index in [-0.39, 0.29) is 17.0 Å². The molecule has 0 spiro atoms. The summed E-state index contributed by atoms with van der Waals surface area (Å²) >= 11 is 11.6. The van der Waals surface area contributed by atoms with Gasteiger partial charge in [0.25, 0.3) is 0 Å². The third-order valence-corrected chi connectivity index (χ3v) is 4.22. The molecule has 3 N–H and O–H groups in total. The Bertz CT molecular complexity index is 724. The minimum absolute atomic E-state index is 0.0137. The van der Waals surface area contributed by atoms with E-state index in [0.29, 0.717) is 17.1 Å². The van der Waals surface area contributed by atoms with Crippen molar-refractivity contribution < 1.29 is 9.18 Å². The Morgan fingerprint density at radius 2 is 1.87 bits per heavy atom. The van der Waals surface area contributed by atoms with Crippen LogP contribution in [0.1, 0.15) is 18.0 Å². The number of halogens is 3. The highest BCUT2D eigenvalue weighted by molar-refractivity contribution is 6.31. The molecular formula is C16H14Cl2FN3O. The van der Waals surface area contributed by atoms with Crippen molar-refractivity contribution in [2.45, 2.75) is 18.5 Å². The molecule has 0 bridgehead atoms. The standard InChI is InChI=1S/C16H14Cl2FN3O/c17-10-3-1-9(2-4-10)14-8-15(22-21-14)16(23)20-11-5-6-13(19)12(18)7-11/h1-7,14-15,21-22H,8H2,(H,20,23). The van der Waals surface area contributed by atoms with Crippen molar-refractivity contribution in [3.05, 3.63) is 63.9 Å². The Morgan fingerprint density at radius 1 is 1.13 bits per heavy atom. The molecule has 3 rings (SSSR count). The van der Waals surface area contributed by atoms with Crippen LogP contribution in [-0.4, -0.2) is 11.9 Å². The summed E-state index contributed by atoms with van der Waals surface area (Å²) in [5.41, 5.74) is 7.55. The summed E-state index contributed by atoms with van der Waals surface area (Å²) in [5.74, 6) is -0.732. The van der Waals surface area contributed by atoms with Gasteiger partial charge in [-0.1, -0.05) is 35.3 Å². The molecule has 1 aliphatic heterocycles. The van der Waals surface area contributed by atoms with Crippen LogP contribution in [0.5, 0.6) is 0 Å². The van der Waals surface area contributed by atoms with Gasteiger partial charge in [0.15, 0.2) is 0 Å². The van der Waals surface area contributed by atoms with Gasteiger partial charge in [-0.3, -0.25) is 4.79 Å². The fourth-order valence-electron chi connectivity index (χ4n) is 2.45. The van der Waals surface area contributed by atoms with E-state index in [0.717, 1.165) is 5.56 Å². The maximum Gasteiger partial charge on any atom is 0.242 e. The van der Waals surface area contributed by atoms with Crippen LogP contribution in [0.25, 0.3) is 0 Å². The highest BCUT2D eigenvalue weighted by Gasteiger charge is 2.30. The van der Waals surface area contributed by atoms with E-state index in [9.17, 15) is 9.18 Å². The molecule has 2 aromatic carbocycles. The highest BCUT2D eigenvalue weighted by Crippen LogP contribution is 2.25. The summed E-state index contributed by atoms with van der Waals surface area (Å²) in [6.45, 7) is 0. The summed E-state index contributed by atoms with van der Waals surface area (Å²) in [5, 5.41) is 3.36. The minimum Gasteiger partial charge on any atom is -0.325 e. The van der Waals surface area contributed by atoms with Crippen LogP contribution in [0.4, 0.5) is 10.1 Å². The summed E-state index contributed by atoms with van der Waals surface area (Å²) < 4.78 is 13.1. The number of benzene rings is 2. The first-order chi connectivity index (χ1) is 11.0. The molecule has 23 heavy (non-hydrogen) atoms. The van der Waals surface area contributed by atoms with Crippen LogP contribution in [-0.2, 0) is 4.79 Å². The summed E-state index contributed by atoms with van der Waals surface area (Å²) in [6, 6.07) is 11.1. The van der Waals surface area contributed by atoms with Crippen molar-refractivity contribution in [2.24, 2.45) is 0 Å². The fraction of sp³-hybridized carbons (Fsp3) is 0.188. The lowest BCUT2D eigenvalue weighted by atomic mass is 10.0. The number of anilines is 1. The number of hydrazine groups is 1. The van der Waals surface area contributed by atoms with Crippen molar-refractivity contribution in [3.63, 3.8) is 0 Å². The molecule has 2 aromatic rings. The predicted octanol–water partition coefficient (Wildman–Crippen LogP) is 3.68. The minimum atomic E-state index is -0.520. The lowest BCUT2D eigenvalue weighted by Crippen LogP contribution is -2.39. The Kier molecular flexibility index (Phi) is 4.82. The molecule has 0 radical (unpaired) electrons. The average Bonchev–Trinajstić information content (AvgIpc) is 3.02. The smallest absolute Gasteiger partial charge is 0.242 e. The zero-order valence-electron chi connectivity index (χ0n) is 11.9. The molecule has 2 unspecified atom stereocenters. The van der Waals surface area contributed by atoms with Crippen molar-refractivity contribution in [1.29, 1.82) is 0 Å². The second-order valence-corrected chi connectivity index (χ2v) is 6.14. The summed E-state index contributed by atoms with van der Waals surface area (Å²) in [4.78, 5) is 12.3. The molecule has 2 atom stereocenters. The SMILES string of the molecule is O=C(Nc1ccc(F)c(Cl)c1)C1CC(c2ccc(Cl)cc2)NN1. The van der Waals surface area contributed by atoms with Gasteiger partial charge >= 0.3 is 0 Å². The second kappa shape index (κ2) is 6.84. The van der Waals surface area contributed by atoms with Crippen LogP contribution in [0.3, 0.4) is 0 Å². The van der Waals surface area contributed by atoms with Crippen LogP contribution in [0.15, 0.2) is 42.5 Å². The molecule has 1 saturated heterocycles. The van der Waals surface area contributed by atoms with Gasteiger partial charge in [-0.25, -0.2) is 15.2 Å². The molecule has 1 amide bonds. The van der Waals surface area contributed by atoms with Gasteiger partial charge in [0.1, 0.15) is 11.9 Å². The molecule has 7 heteroatoms. The zero-order chi connectivity index (χ0) is 16.4. The molecule has 1 aliphatic rings. The van der Waals surface area contributed by atoms with E-state index in [1.807, 2.05) is 24.3 Å². The fourth-order valence-corrected chi connectivity index (χ4v) is 2.75. The van der Waals surface area contributed by atoms with Crippen LogP contribution in [0, 0.1) is 5.82 Å². The van der Waals surface area contributed by atoms with Gasteiger partial charge in [0, 0.05) is 16.8 Å². The molecule has 0 aliphatic carbocycles. The largest absolute Gasteiger partial charge is 0.325 e. The van der Waals surface area contributed by atoms with Crippen molar-refractivity contribution >= 4 is 34.8 Å². The Balaban J connectivity index is 1.63. The molecule has 1 fully saturated rings. The number of nitrogens with one attached hydrogen (secondary N) is 3. The van der Waals surface area contributed by atoms with E-state index in [1.54, 1.807) is 0 Å². The molecule has 1 heterocycles. The molecule has 120 valence electrons. The lowest BCUT2D eigenvalue weighted by Gasteiger charge is -2.11. The normalized spacial score (nSPS) is 20.5. The molecular weight excluding hydrogens is 340 g/mol. The number of rotatable bonds is 3. The van der Waals surface area contributed by atoms with Gasteiger partial charge in [-0.2, -0.15) is 0 Å². The van der Waals surface area contributed by atoms with E-state index < -0.39 is 11.9 Å². The highest BCUT2D eigenvalue weighted by atomic mass is 35.5. The maximum atomic E-state index is 13.1. The number of hydrogen-bond donors (Lipinski definition) is 3. The van der Waals surface area contributed by atoms with Crippen LogP contribution >= 0.6 is 23.2 Å².